The third-order valence-corrected chi connectivity index (χ3v) is 3.04. The van der Waals surface area contributed by atoms with E-state index in [0.29, 0.717) is 24.0 Å². The van der Waals surface area contributed by atoms with E-state index in [9.17, 15) is 4.79 Å². The van der Waals surface area contributed by atoms with Crippen LogP contribution in [0.2, 0.25) is 0 Å². The van der Waals surface area contributed by atoms with E-state index >= 15 is 0 Å². The van der Waals surface area contributed by atoms with Crippen LogP contribution >= 0.6 is 12.2 Å². The molecule has 2 N–H and O–H groups in total. The number of esters is 1. The lowest BCUT2D eigenvalue weighted by atomic mass is 10.3. The topological polar surface area (TPSA) is 68.8 Å². The molecule has 0 aliphatic carbocycles. The van der Waals surface area contributed by atoms with Gasteiger partial charge in [-0.1, -0.05) is 12.1 Å². The van der Waals surface area contributed by atoms with Crippen LogP contribution in [0.25, 0.3) is 0 Å². The highest BCUT2D eigenvalue weighted by Crippen LogP contribution is 2.30. The molecule has 1 aromatic rings. The summed E-state index contributed by atoms with van der Waals surface area (Å²) >= 11 is 5.16. The first-order valence-electron chi connectivity index (χ1n) is 7.17. The molecule has 1 aliphatic rings. The Labute approximate surface area is 135 Å². The van der Waals surface area contributed by atoms with Crippen molar-refractivity contribution in [2.45, 2.75) is 32.6 Å². The molecule has 0 radical (unpaired) electrons. The van der Waals surface area contributed by atoms with E-state index in [1.54, 1.807) is 0 Å². The van der Waals surface area contributed by atoms with E-state index in [4.69, 9.17) is 26.4 Å². The first-order valence-corrected chi connectivity index (χ1v) is 7.58. The third kappa shape index (κ3) is 5.07. The van der Waals surface area contributed by atoms with Gasteiger partial charge in [0.1, 0.15) is 6.61 Å². The number of fused-ring (bicyclic) bond motifs is 1. The maximum absolute atomic E-state index is 11.4. The summed E-state index contributed by atoms with van der Waals surface area (Å²) in [6, 6.07) is 7.45. The Bertz CT molecular complexity index is 536. The molecule has 1 unspecified atom stereocenters. The quantitative estimate of drug-likeness (QED) is 0.629. The zero-order valence-electron chi connectivity index (χ0n) is 12.6. The monoisotopic (exact) mass is 324 g/mol. The van der Waals surface area contributed by atoms with Gasteiger partial charge >= 0.3 is 5.97 Å². The summed E-state index contributed by atoms with van der Waals surface area (Å²) in [6.07, 6.45) is -0.215. The van der Waals surface area contributed by atoms with Crippen molar-refractivity contribution in [2.24, 2.45) is 0 Å². The van der Waals surface area contributed by atoms with Crippen LogP contribution in [0.1, 0.15) is 20.3 Å². The van der Waals surface area contributed by atoms with Crippen LogP contribution in [-0.4, -0.2) is 36.6 Å². The predicted molar refractivity (Wildman–Crippen MR) is 85.9 cm³/mol. The summed E-state index contributed by atoms with van der Waals surface area (Å²) in [7, 11) is 0. The van der Waals surface area contributed by atoms with E-state index < -0.39 is 0 Å². The molecular formula is C15H20N2O4S. The van der Waals surface area contributed by atoms with Gasteiger partial charge in [0.25, 0.3) is 0 Å². The summed E-state index contributed by atoms with van der Waals surface area (Å²) in [5.41, 5.74) is 0. The van der Waals surface area contributed by atoms with Crippen molar-refractivity contribution >= 4 is 23.3 Å². The third-order valence-electron chi connectivity index (χ3n) is 2.78. The van der Waals surface area contributed by atoms with Crippen LogP contribution in [0.5, 0.6) is 11.5 Å². The second-order valence-corrected chi connectivity index (χ2v) is 5.46. The normalized spacial score (nSPS) is 16.0. The molecule has 1 heterocycles. The number of hydrogen-bond acceptors (Lipinski definition) is 5. The molecule has 0 aromatic heterocycles. The van der Waals surface area contributed by atoms with Crippen LogP contribution < -0.4 is 20.1 Å². The average Bonchev–Trinajstić information content (AvgIpc) is 2.46. The molecule has 0 fully saturated rings. The van der Waals surface area contributed by atoms with Gasteiger partial charge in [0, 0.05) is 6.54 Å². The molecule has 0 amide bonds. The number of ether oxygens (including phenoxy) is 3. The summed E-state index contributed by atoms with van der Waals surface area (Å²) in [6.45, 7) is 4.39. The van der Waals surface area contributed by atoms with Crippen molar-refractivity contribution in [3.63, 3.8) is 0 Å². The van der Waals surface area contributed by atoms with E-state index in [2.05, 4.69) is 10.6 Å². The summed E-state index contributed by atoms with van der Waals surface area (Å²) < 4.78 is 16.3. The van der Waals surface area contributed by atoms with Crippen LogP contribution in [0.4, 0.5) is 0 Å². The SMILES string of the molecule is CC(C)OC(=O)CCNC(=S)NC1COc2ccccc2O1. The molecule has 22 heavy (non-hydrogen) atoms. The summed E-state index contributed by atoms with van der Waals surface area (Å²) in [4.78, 5) is 11.4. The van der Waals surface area contributed by atoms with Gasteiger partial charge in [0.05, 0.1) is 12.5 Å². The number of hydrogen-bond donors (Lipinski definition) is 2. The smallest absolute Gasteiger partial charge is 0.307 e. The zero-order chi connectivity index (χ0) is 15.9. The molecule has 0 bridgehead atoms. The lowest BCUT2D eigenvalue weighted by Crippen LogP contribution is -2.49. The van der Waals surface area contributed by atoms with Gasteiger partial charge in [0.2, 0.25) is 6.23 Å². The van der Waals surface area contributed by atoms with E-state index in [1.807, 2.05) is 38.1 Å². The number of carbonyl (C=O) groups excluding carboxylic acids is 1. The Balaban J connectivity index is 1.69. The minimum absolute atomic E-state index is 0.106. The van der Waals surface area contributed by atoms with Gasteiger partial charge in [-0.2, -0.15) is 0 Å². The maximum atomic E-state index is 11.4. The van der Waals surface area contributed by atoms with Gasteiger partial charge in [-0.25, -0.2) is 0 Å². The molecule has 0 spiro atoms. The molecule has 6 nitrogen and oxygen atoms in total. The molecule has 0 saturated carbocycles. The number of rotatable bonds is 5. The summed E-state index contributed by atoms with van der Waals surface area (Å²) in [5, 5.41) is 6.34. The Morgan fingerprint density at radius 3 is 2.86 bits per heavy atom. The Kier molecular flexibility index (Phi) is 5.83. The molecule has 0 saturated heterocycles. The van der Waals surface area contributed by atoms with Crippen LogP contribution in [0, 0.1) is 0 Å². The zero-order valence-corrected chi connectivity index (χ0v) is 13.4. The van der Waals surface area contributed by atoms with E-state index in [0.717, 1.165) is 5.75 Å². The van der Waals surface area contributed by atoms with Gasteiger partial charge in [-0.15, -0.1) is 0 Å². The fourth-order valence-electron chi connectivity index (χ4n) is 1.89. The molecule has 2 rings (SSSR count). The molecule has 1 aliphatic heterocycles. The Morgan fingerprint density at radius 2 is 2.14 bits per heavy atom. The standard InChI is InChI=1S/C15H20N2O4S/c1-10(2)20-14(18)7-8-16-15(22)17-13-9-19-11-5-3-4-6-12(11)21-13/h3-6,10,13H,7-9H2,1-2H3,(H2,16,17,22). The van der Waals surface area contributed by atoms with E-state index in [-0.39, 0.29) is 24.7 Å². The number of para-hydroxylation sites is 2. The molecular weight excluding hydrogens is 304 g/mol. The fraction of sp³-hybridized carbons (Fsp3) is 0.467. The maximum Gasteiger partial charge on any atom is 0.307 e. The largest absolute Gasteiger partial charge is 0.484 e. The predicted octanol–water partition coefficient (Wildman–Crippen LogP) is 1.59. The van der Waals surface area contributed by atoms with Crippen LogP contribution in [0.15, 0.2) is 24.3 Å². The van der Waals surface area contributed by atoms with Crippen molar-refractivity contribution in [3.8, 4) is 11.5 Å². The Hall–Kier alpha value is -2.02. The highest BCUT2D eigenvalue weighted by atomic mass is 32.1. The lowest BCUT2D eigenvalue weighted by Gasteiger charge is -2.27. The molecule has 1 aromatic carbocycles. The molecule has 120 valence electrons. The van der Waals surface area contributed by atoms with Gasteiger partial charge in [0.15, 0.2) is 16.6 Å². The van der Waals surface area contributed by atoms with Crippen LogP contribution in [-0.2, 0) is 9.53 Å². The number of benzene rings is 1. The van der Waals surface area contributed by atoms with Gasteiger partial charge in [-0.05, 0) is 38.2 Å². The van der Waals surface area contributed by atoms with Crippen molar-refractivity contribution in [3.05, 3.63) is 24.3 Å². The van der Waals surface area contributed by atoms with Crippen molar-refractivity contribution in [1.29, 1.82) is 0 Å². The Morgan fingerprint density at radius 1 is 1.41 bits per heavy atom. The number of nitrogens with one attached hydrogen (secondary N) is 2. The minimum Gasteiger partial charge on any atom is -0.484 e. The van der Waals surface area contributed by atoms with Crippen LogP contribution in [0.3, 0.4) is 0 Å². The first-order chi connectivity index (χ1) is 10.5. The lowest BCUT2D eigenvalue weighted by molar-refractivity contribution is -0.147. The second-order valence-electron chi connectivity index (χ2n) is 5.05. The fourth-order valence-corrected chi connectivity index (χ4v) is 2.12. The number of thiocarbonyl (C=S) groups is 1. The highest BCUT2D eigenvalue weighted by molar-refractivity contribution is 7.80. The highest BCUT2D eigenvalue weighted by Gasteiger charge is 2.20. The molecule has 7 heteroatoms. The van der Waals surface area contributed by atoms with E-state index in [1.165, 1.54) is 0 Å². The van der Waals surface area contributed by atoms with Gasteiger partial charge in [-0.3, -0.25) is 4.79 Å². The van der Waals surface area contributed by atoms with Crippen molar-refractivity contribution < 1.29 is 19.0 Å². The summed E-state index contributed by atoms with van der Waals surface area (Å²) in [5.74, 6) is 1.14. The minimum atomic E-state index is -0.363. The van der Waals surface area contributed by atoms with Crippen molar-refractivity contribution in [1.82, 2.24) is 10.6 Å². The number of carbonyl (C=O) groups is 1. The van der Waals surface area contributed by atoms with Crippen molar-refractivity contribution in [2.75, 3.05) is 13.2 Å². The first kappa shape index (κ1) is 16.4. The molecule has 1 atom stereocenters. The second kappa shape index (κ2) is 7.84. The average molecular weight is 324 g/mol. The van der Waals surface area contributed by atoms with Gasteiger partial charge < -0.3 is 24.8 Å².